The molecule has 0 saturated heterocycles. The molecule has 2 rings (SSSR count). The minimum atomic E-state index is -0.840. The standard InChI is InChI=1S/C11H13N3O2S3/c1-2-14(6-8-4-3-5-17-8)10-12-13-11(19-10)18-7-9(15)16/h3-5H,2,6-7H2,1H3,(H,15,16). The first-order valence-electron chi connectivity index (χ1n) is 5.64. The smallest absolute Gasteiger partial charge is 0.313 e. The minimum Gasteiger partial charge on any atom is -0.481 e. The summed E-state index contributed by atoms with van der Waals surface area (Å²) >= 11 is 4.36. The van der Waals surface area contributed by atoms with Crippen molar-refractivity contribution >= 4 is 45.5 Å². The first-order valence-corrected chi connectivity index (χ1v) is 8.32. The van der Waals surface area contributed by atoms with Crippen LogP contribution in [0.1, 0.15) is 11.8 Å². The Morgan fingerprint density at radius 3 is 3.00 bits per heavy atom. The summed E-state index contributed by atoms with van der Waals surface area (Å²) in [6, 6.07) is 4.12. The highest BCUT2D eigenvalue weighted by atomic mass is 32.2. The van der Waals surface area contributed by atoms with E-state index < -0.39 is 5.97 Å². The zero-order valence-corrected chi connectivity index (χ0v) is 12.7. The van der Waals surface area contributed by atoms with Crippen molar-refractivity contribution < 1.29 is 9.90 Å². The monoisotopic (exact) mass is 315 g/mol. The zero-order valence-electron chi connectivity index (χ0n) is 10.3. The van der Waals surface area contributed by atoms with Gasteiger partial charge in [0.05, 0.1) is 12.3 Å². The number of carboxylic acids is 1. The summed E-state index contributed by atoms with van der Waals surface area (Å²) in [4.78, 5) is 13.9. The third-order valence-electron chi connectivity index (χ3n) is 2.29. The first kappa shape index (κ1) is 14.3. The van der Waals surface area contributed by atoms with Crippen molar-refractivity contribution in [1.29, 1.82) is 0 Å². The number of nitrogens with zero attached hydrogens (tertiary/aromatic N) is 3. The average molecular weight is 315 g/mol. The molecule has 0 saturated carbocycles. The van der Waals surface area contributed by atoms with E-state index in [0.717, 1.165) is 18.2 Å². The average Bonchev–Trinajstić information content (AvgIpc) is 3.04. The third-order valence-corrected chi connectivity index (χ3v) is 5.26. The molecule has 2 aromatic rings. The summed E-state index contributed by atoms with van der Waals surface area (Å²) in [6.07, 6.45) is 0. The summed E-state index contributed by atoms with van der Waals surface area (Å²) in [5.41, 5.74) is 0. The topological polar surface area (TPSA) is 66.3 Å². The van der Waals surface area contributed by atoms with Crippen LogP contribution in [0.15, 0.2) is 21.9 Å². The highest BCUT2D eigenvalue weighted by molar-refractivity contribution is 8.01. The molecule has 0 fully saturated rings. The van der Waals surface area contributed by atoms with Crippen molar-refractivity contribution in [3.63, 3.8) is 0 Å². The maximum absolute atomic E-state index is 10.5. The molecule has 0 radical (unpaired) electrons. The number of aliphatic carboxylic acids is 1. The number of anilines is 1. The molecule has 0 aromatic carbocycles. The van der Waals surface area contributed by atoms with Gasteiger partial charge in [0, 0.05) is 11.4 Å². The summed E-state index contributed by atoms with van der Waals surface area (Å²) < 4.78 is 0.696. The predicted molar refractivity (Wildman–Crippen MR) is 79.3 cm³/mol. The molecule has 8 heteroatoms. The van der Waals surface area contributed by atoms with Gasteiger partial charge in [-0.15, -0.1) is 21.5 Å². The SMILES string of the molecule is CCN(Cc1cccs1)c1nnc(SCC(=O)O)s1. The molecule has 0 aliphatic heterocycles. The molecular formula is C11H13N3O2S3. The Labute approximate surface area is 123 Å². The molecule has 0 aliphatic carbocycles. The van der Waals surface area contributed by atoms with Crippen molar-refractivity contribution in [2.75, 3.05) is 17.2 Å². The van der Waals surface area contributed by atoms with Gasteiger partial charge in [-0.3, -0.25) is 4.79 Å². The van der Waals surface area contributed by atoms with Gasteiger partial charge in [0.15, 0.2) is 4.34 Å². The van der Waals surface area contributed by atoms with Gasteiger partial charge in [-0.05, 0) is 18.4 Å². The highest BCUT2D eigenvalue weighted by Gasteiger charge is 2.13. The Hall–Kier alpha value is -1.12. The quantitative estimate of drug-likeness (QED) is 0.793. The maximum atomic E-state index is 10.5. The van der Waals surface area contributed by atoms with E-state index in [2.05, 4.69) is 33.5 Å². The van der Waals surface area contributed by atoms with Gasteiger partial charge in [-0.2, -0.15) is 0 Å². The summed E-state index contributed by atoms with van der Waals surface area (Å²) in [5.74, 6) is -0.821. The number of carboxylic acid groups (broad SMARTS) is 1. The van der Waals surface area contributed by atoms with Crippen LogP contribution in [-0.2, 0) is 11.3 Å². The van der Waals surface area contributed by atoms with Crippen molar-refractivity contribution in [3.05, 3.63) is 22.4 Å². The Balaban J connectivity index is 2.00. The summed E-state index contributed by atoms with van der Waals surface area (Å²) in [6.45, 7) is 3.72. The fourth-order valence-corrected chi connectivity index (χ4v) is 3.76. The van der Waals surface area contributed by atoms with Crippen molar-refractivity contribution in [2.45, 2.75) is 17.8 Å². The van der Waals surface area contributed by atoms with E-state index in [0.29, 0.717) is 4.34 Å². The van der Waals surface area contributed by atoms with Crippen molar-refractivity contribution in [1.82, 2.24) is 10.2 Å². The molecule has 2 aromatic heterocycles. The van der Waals surface area contributed by atoms with Crippen LogP contribution < -0.4 is 4.90 Å². The lowest BCUT2D eigenvalue weighted by molar-refractivity contribution is -0.133. The van der Waals surface area contributed by atoms with E-state index in [4.69, 9.17) is 5.11 Å². The van der Waals surface area contributed by atoms with Gasteiger partial charge in [0.1, 0.15) is 0 Å². The molecular weight excluding hydrogens is 302 g/mol. The highest BCUT2D eigenvalue weighted by Crippen LogP contribution is 2.29. The van der Waals surface area contributed by atoms with Crippen LogP contribution in [0.25, 0.3) is 0 Å². The second-order valence-corrected chi connectivity index (χ2v) is 6.84. The molecule has 0 atom stereocenters. The van der Waals surface area contributed by atoms with E-state index >= 15 is 0 Å². The van der Waals surface area contributed by atoms with Crippen LogP contribution in [0.4, 0.5) is 5.13 Å². The van der Waals surface area contributed by atoms with Crippen molar-refractivity contribution in [3.8, 4) is 0 Å². The van der Waals surface area contributed by atoms with E-state index in [1.54, 1.807) is 11.3 Å². The Kier molecular flexibility index (Phi) is 5.17. The lowest BCUT2D eigenvalue weighted by Gasteiger charge is -2.17. The van der Waals surface area contributed by atoms with Crippen molar-refractivity contribution in [2.24, 2.45) is 0 Å². The number of thioether (sulfide) groups is 1. The lowest BCUT2D eigenvalue weighted by Crippen LogP contribution is -2.21. The number of hydrogen-bond acceptors (Lipinski definition) is 7. The minimum absolute atomic E-state index is 0.0195. The number of thiophene rings is 1. The van der Waals surface area contributed by atoms with E-state index in [9.17, 15) is 4.79 Å². The van der Waals surface area contributed by atoms with Crippen LogP contribution in [-0.4, -0.2) is 33.6 Å². The zero-order chi connectivity index (χ0) is 13.7. The second kappa shape index (κ2) is 6.88. The van der Waals surface area contributed by atoms with Crippen LogP contribution in [0.3, 0.4) is 0 Å². The van der Waals surface area contributed by atoms with Gasteiger partial charge in [0.25, 0.3) is 0 Å². The molecule has 2 heterocycles. The Morgan fingerprint density at radius 1 is 1.53 bits per heavy atom. The summed E-state index contributed by atoms with van der Waals surface area (Å²) in [7, 11) is 0. The van der Waals surface area contributed by atoms with Crippen LogP contribution in [0, 0.1) is 0 Å². The Bertz CT molecular complexity index is 527. The lowest BCUT2D eigenvalue weighted by atomic mass is 10.4. The van der Waals surface area contributed by atoms with Crippen LogP contribution in [0.2, 0.25) is 0 Å². The van der Waals surface area contributed by atoms with Gasteiger partial charge in [-0.25, -0.2) is 0 Å². The normalized spacial score (nSPS) is 10.6. The predicted octanol–water partition coefficient (Wildman–Crippen LogP) is 2.80. The number of rotatable bonds is 7. The fraction of sp³-hybridized carbons (Fsp3) is 0.364. The molecule has 0 unspecified atom stereocenters. The number of hydrogen-bond donors (Lipinski definition) is 1. The molecule has 0 aliphatic rings. The Morgan fingerprint density at radius 2 is 2.37 bits per heavy atom. The van der Waals surface area contributed by atoms with Crippen LogP contribution >= 0.6 is 34.4 Å². The van der Waals surface area contributed by atoms with Crippen LogP contribution in [0.5, 0.6) is 0 Å². The second-order valence-electron chi connectivity index (χ2n) is 3.63. The van der Waals surface area contributed by atoms with Gasteiger partial charge >= 0.3 is 5.97 Å². The van der Waals surface area contributed by atoms with E-state index in [1.165, 1.54) is 28.0 Å². The first-order chi connectivity index (χ1) is 9.19. The molecule has 102 valence electrons. The molecule has 0 bridgehead atoms. The maximum Gasteiger partial charge on any atom is 0.313 e. The van der Waals surface area contributed by atoms with E-state index in [1.807, 2.05) is 6.07 Å². The van der Waals surface area contributed by atoms with Gasteiger partial charge < -0.3 is 10.0 Å². The molecule has 0 spiro atoms. The third kappa shape index (κ3) is 4.19. The van der Waals surface area contributed by atoms with E-state index in [-0.39, 0.29) is 5.75 Å². The molecule has 1 N–H and O–H groups in total. The largest absolute Gasteiger partial charge is 0.481 e. The summed E-state index contributed by atoms with van der Waals surface area (Å²) in [5, 5.41) is 19.7. The van der Waals surface area contributed by atoms with Gasteiger partial charge in [-0.1, -0.05) is 29.2 Å². The fourth-order valence-electron chi connectivity index (χ4n) is 1.42. The number of aromatic nitrogens is 2. The molecule has 0 amide bonds. The number of carbonyl (C=O) groups is 1. The molecule has 5 nitrogen and oxygen atoms in total. The molecule has 19 heavy (non-hydrogen) atoms. The van der Waals surface area contributed by atoms with Gasteiger partial charge in [0.2, 0.25) is 5.13 Å².